The van der Waals surface area contributed by atoms with Gasteiger partial charge in [0.2, 0.25) is 5.91 Å². The Morgan fingerprint density at radius 2 is 1.58 bits per heavy atom. The number of nitrogens with zero attached hydrogens (tertiary/aromatic N) is 1. The first-order chi connectivity index (χ1) is 11.5. The Labute approximate surface area is 141 Å². The molecule has 0 unspecified atom stereocenters. The standard InChI is InChI=1S/C19H21FN2O2/c1-3-14-4-6-15(7-5-14)13-22(2)18(23)12-21-19(24)16-8-10-17(20)11-9-16/h4-11H,3,12-13H2,1-2H3,(H,21,24). The molecule has 0 radical (unpaired) electrons. The van der Waals surface area contributed by atoms with Gasteiger partial charge in [-0.2, -0.15) is 0 Å². The predicted octanol–water partition coefficient (Wildman–Crippen LogP) is 2.78. The number of carbonyl (C=O) groups excluding carboxylic acids is 2. The molecular formula is C19H21FN2O2. The minimum atomic E-state index is -0.406. The molecule has 0 aliphatic carbocycles. The third-order valence-electron chi connectivity index (χ3n) is 3.78. The van der Waals surface area contributed by atoms with E-state index in [1.54, 1.807) is 11.9 Å². The number of likely N-dealkylation sites (N-methyl/N-ethyl adjacent to an activating group) is 1. The van der Waals surface area contributed by atoms with Gasteiger partial charge in [-0.15, -0.1) is 0 Å². The zero-order valence-electron chi connectivity index (χ0n) is 13.9. The van der Waals surface area contributed by atoms with E-state index in [0.29, 0.717) is 12.1 Å². The summed E-state index contributed by atoms with van der Waals surface area (Å²) in [6.07, 6.45) is 0.977. The van der Waals surface area contributed by atoms with Crippen LogP contribution < -0.4 is 5.32 Å². The van der Waals surface area contributed by atoms with Gasteiger partial charge >= 0.3 is 0 Å². The lowest BCUT2D eigenvalue weighted by Crippen LogP contribution is -2.37. The number of halogens is 1. The van der Waals surface area contributed by atoms with Crippen LogP contribution in [0.25, 0.3) is 0 Å². The molecule has 2 amide bonds. The van der Waals surface area contributed by atoms with E-state index in [1.807, 2.05) is 24.3 Å². The normalized spacial score (nSPS) is 10.3. The number of carbonyl (C=O) groups is 2. The molecule has 0 aliphatic rings. The van der Waals surface area contributed by atoms with Crippen molar-refractivity contribution in [2.24, 2.45) is 0 Å². The monoisotopic (exact) mass is 328 g/mol. The highest BCUT2D eigenvalue weighted by Crippen LogP contribution is 2.07. The Kier molecular flexibility index (Phi) is 6.07. The molecule has 0 aromatic heterocycles. The highest BCUT2D eigenvalue weighted by molar-refractivity contribution is 5.96. The molecule has 5 heteroatoms. The van der Waals surface area contributed by atoms with E-state index in [-0.39, 0.29) is 12.5 Å². The number of amides is 2. The molecule has 4 nitrogen and oxygen atoms in total. The number of nitrogens with one attached hydrogen (secondary N) is 1. The van der Waals surface area contributed by atoms with Crippen LogP contribution in [-0.2, 0) is 17.8 Å². The van der Waals surface area contributed by atoms with Crippen molar-refractivity contribution in [3.05, 3.63) is 71.0 Å². The van der Waals surface area contributed by atoms with Gasteiger partial charge in [0.1, 0.15) is 5.82 Å². The highest BCUT2D eigenvalue weighted by Gasteiger charge is 2.12. The van der Waals surface area contributed by atoms with Crippen molar-refractivity contribution in [1.29, 1.82) is 0 Å². The lowest BCUT2D eigenvalue weighted by molar-refractivity contribution is -0.129. The molecule has 0 heterocycles. The molecule has 2 aromatic carbocycles. The summed E-state index contributed by atoms with van der Waals surface area (Å²) in [7, 11) is 1.69. The molecule has 2 rings (SSSR count). The fourth-order valence-electron chi connectivity index (χ4n) is 2.24. The second kappa shape index (κ2) is 8.24. The van der Waals surface area contributed by atoms with Crippen LogP contribution >= 0.6 is 0 Å². The van der Waals surface area contributed by atoms with Crippen molar-refractivity contribution in [3.8, 4) is 0 Å². The second-order valence-electron chi connectivity index (χ2n) is 5.61. The van der Waals surface area contributed by atoms with Crippen LogP contribution in [0.1, 0.15) is 28.4 Å². The van der Waals surface area contributed by atoms with Crippen molar-refractivity contribution >= 4 is 11.8 Å². The molecule has 0 aliphatic heterocycles. The Hall–Kier alpha value is -2.69. The average Bonchev–Trinajstić information content (AvgIpc) is 2.60. The minimum absolute atomic E-state index is 0.0975. The topological polar surface area (TPSA) is 49.4 Å². The van der Waals surface area contributed by atoms with Crippen LogP contribution in [0.2, 0.25) is 0 Å². The summed E-state index contributed by atoms with van der Waals surface area (Å²) in [6, 6.07) is 13.3. The van der Waals surface area contributed by atoms with Crippen LogP contribution in [0.15, 0.2) is 48.5 Å². The Balaban J connectivity index is 1.84. The lowest BCUT2D eigenvalue weighted by Gasteiger charge is -2.18. The fourth-order valence-corrected chi connectivity index (χ4v) is 2.24. The summed E-state index contributed by atoms with van der Waals surface area (Å²) in [6.45, 7) is 2.48. The van der Waals surface area contributed by atoms with Gasteiger partial charge in [0.25, 0.3) is 5.91 Å². The highest BCUT2D eigenvalue weighted by atomic mass is 19.1. The average molecular weight is 328 g/mol. The molecule has 0 bridgehead atoms. The van der Waals surface area contributed by atoms with Gasteiger partial charge in [0.05, 0.1) is 6.54 Å². The number of rotatable bonds is 6. The first-order valence-electron chi connectivity index (χ1n) is 7.85. The van der Waals surface area contributed by atoms with Gasteiger partial charge in [0, 0.05) is 19.2 Å². The number of benzene rings is 2. The molecule has 126 valence electrons. The van der Waals surface area contributed by atoms with Gasteiger partial charge in [-0.05, 0) is 41.8 Å². The smallest absolute Gasteiger partial charge is 0.251 e. The fraction of sp³-hybridized carbons (Fsp3) is 0.263. The van der Waals surface area contributed by atoms with Gasteiger partial charge in [-0.25, -0.2) is 4.39 Å². The maximum Gasteiger partial charge on any atom is 0.251 e. The zero-order valence-corrected chi connectivity index (χ0v) is 13.9. The van der Waals surface area contributed by atoms with E-state index in [1.165, 1.54) is 29.8 Å². The van der Waals surface area contributed by atoms with Gasteiger partial charge in [0.15, 0.2) is 0 Å². The second-order valence-corrected chi connectivity index (χ2v) is 5.61. The predicted molar refractivity (Wildman–Crippen MR) is 91.0 cm³/mol. The van der Waals surface area contributed by atoms with Gasteiger partial charge in [-0.1, -0.05) is 31.2 Å². The van der Waals surface area contributed by atoms with Crippen LogP contribution in [-0.4, -0.2) is 30.3 Å². The Morgan fingerprint density at radius 3 is 2.17 bits per heavy atom. The van der Waals surface area contributed by atoms with Gasteiger partial charge < -0.3 is 10.2 Å². The van der Waals surface area contributed by atoms with E-state index in [4.69, 9.17) is 0 Å². The maximum absolute atomic E-state index is 12.8. The Morgan fingerprint density at radius 1 is 1.00 bits per heavy atom. The zero-order chi connectivity index (χ0) is 17.5. The summed E-state index contributed by atoms with van der Waals surface area (Å²) in [5.74, 6) is -0.995. The van der Waals surface area contributed by atoms with Crippen LogP contribution in [0.3, 0.4) is 0 Å². The third kappa shape index (κ3) is 4.91. The lowest BCUT2D eigenvalue weighted by atomic mass is 10.1. The Bertz CT molecular complexity index is 696. The molecule has 0 saturated carbocycles. The molecule has 2 aromatic rings. The maximum atomic E-state index is 12.8. The molecule has 0 atom stereocenters. The first kappa shape index (κ1) is 17.7. The van der Waals surface area contributed by atoms with Crippen molar-refractivity contribution in [1.82, 2.24) is 10.2 Å². The van der Waals surface area contributed by atoms with E-state index in [0.717, 1.165) is 12.0 Å². The quantitative estimate of drug-likeness (QED) is 0.886. The molecule has 24 heavy (non-hydrogen) atoms. The molecule has 0 spiro atoms. The summed E-state index contributed by atoms with van der Waals surface area (Å²) in [5, 5.41) is 2.55. The van der Waals surface area contributed by atoms with Crippen LogP contribution in [0.5, 0.6) is 0 Å². The van der Waals surface area contributed by atoms with Crippen LogP contribution in [0, 0.1) is 5.82 Å². The summed E-state index contributed by atoms with van der Waals surface area (Å²) < 4.78 is 12.8. The summed E-state index contributed by atoms with van der Waals surface area (Å²) >= 11 is 0. The van der Waals surface area contributed by atoms with E-state index in [9.17, 15) is 14.0 Å². The molecular weight excluding hydrogens is 307 g/mol. The molecule has 1 N–H and O–H groups in total. The number of aryl methyl sites for hydroxylation is 1. The van der Waals surface area contributed by atoms with Crippen molar-refractivity contribution < 1.29 is 14.0 Å². The van der Waals surface area contributed by atoms with Crippen molar-refractivity contribution in [3.63, 3.8) is 0 Å². The SMILES string of the molecule is CCc1ccc(CN(C)C(=O)CNC(=O)c2ccc(F)cc2)cc1. The van der Waals surface area contributed by atoms with E-state index in [2.05, 4.69) is 12.2 Å². The van der Waals surface area contributed by atoms with E-state index < -0.39 is 11.7 Å². The molecule has 0 saturated heterocycles. The van der Waals surface area contributed by atoms with E-state index >= 15 is 0 Å². The minimum Gasteiger partial charge on any atom is -0.343 e. The summed E-state index contributed by atoms with van der Waals surface area (Å²) in [5.41, 5.74) is 2.61. The van der Waals surface area contributed by atoms with Crippen molar-refractivity contribution in [2.45, 2.75) is 19.9 Å². The first-order valence-corrected chi connectivity index (χ1v) is 7.85. The number of hydrogen-bond donors (Lipinski definition) is 1. The number of hydrogen-bond acceptors (Lipinski definition) is 2. The third-order valence-corrected chi connectivity index (χ3v) is 3.78. The van der Waals surface area contributed by atoms with Crippen LogP contribution in [0.4, 0.5) is 4.39 Å². The summed E-state index contributed by atoms with van der Waals surface area (Å²) in [4.78, 5) is 25.6. The van der Waals surface area contributed by atoms with Crippen molar-refractivity contribution in [2.75, 3.05) is 13.6 Å². The largest absolute Gasteiger partial charge is 0.343 e. The molecule has 0 fully saturated rings. The van der Waals surface area contributed by atoms with Gasteiger partial charge in [-0.3, -0.25) is 9.59 Å².